The van der Waals surface area contributed by atoms with Crippen LogP contribution in [0.3, 0.4) is 0 Å². The Kier molecular flexibility index (Phi) is 10.7. The van der Waals surface area contributed by atoms with Gasteiger partial charge >= 0.3 is 29.8 Å². The first-order chi connectivity index (χ1) is 12.5. The van der Waals surface area contributed by atoms with Crippen molar-refractivity contribution in [3.8, 4) is 0 Å². The van der Waals surface area contributed by atoms with Crippen molar-refractivity contribution in [2.75, 3.05) is 13.2 Å². The number of nitrogens with two attached hydrogens (primary N) is 1. The summed E-state index contributed by atoms with van der Waals surface area (Å²) in [7, 11) is 0. The zero-order valence-electron chi connectivity index (χ0n) is 15.9. The van der Waals surface area contributed by atoms with E-state index in [4.69, 9.17) is 29.4 Å². The van der Waals surface area contributed by atoms with Crippen LogP contribution >= 0.6 is 0 Å². The summed E-state index contributed by atoms with van der Waals surface area (Å²) in [5, 5.41) is 0. The zero-order chi connectivity index (χ0) is 21.1. The minimum absolute atomic E-state index is 0.296. The van der Waals surface area contributed by atoms with Gasteiger partial charge in [0.05, 0.1) is 0 Å². The molecule has 0 unspecified atom stereocenters. The van der Waals surface area contributed by atoms with E-state index in [0.717, 1.165) is 34.6 Å². The Morgan fingerprint density at radius 1 is 0.630 bits per heavy atom. The molecule has 0 aromatic rings. The van der Waals surface area contributed by atoms with Gasteiger partial charge in [-0.2, -0.15) is 0 Å². The SMILES string of the molecule is CC(=O)OC[C@@H](OC(C)=O)[C@@H](OC(C)=O)[C@H](OC(C)=O)[C@H](CN)OC(C)=O. The van der Waals surface area contributed by atoms with Gasteiger partial charge in [-0.25, -0.2) is 0 Å². The first-order valence-corrected chi connectivity index (χ1v) is 8.00. The van der Waals surface area contributed by atoms with Gasteiger partial charge in [0.1, 0.15) is 6.61 Å². The zero-order valence-corrected chi connectivity index (χ0v) is 15.9. The molecular formula is C16H25NO10. The minimum Gasteiger partial charge on any atom is -0.462 e. The molecule has 0 aromatic heterocycles. The third-order valence-corrected chi connectivity index (χ3v) is 2.98. The predicted molar refractivity (Wildman–Crippen MR) is 87.9 cm³/mol. The lowest BCUT2D eigenvalue weighted by Crippen LogP contribution is -2.54. The van der Waals surface area contributed by atoms with Gasteiger partial charge in [0.25, 0.3) is 0 Å². The maximum atomic E-state index is 11.6. The summed E-state index contributed by atoms with van der Waals surface area (Å²) in [6.45, 7) is 4.66. The molecule has 0 aliphatic heterocycles. The Labute approximate surface area is 156 Å². The third-order valence-electron chi connectivity index (χ3n) is 2.98. The molecule has 0 bridgehead atoms. The predicted octanol–water partition coefficient (Wildman–Crippen LogP) is -0.765. The van der Waals surface area contributed by atoms with Crippen LogP contribution < -0.4 is 5.73 Å². The summed E-state index contributed by atoms with van der Waals surface area (Å²) < 4.78 is 25.2. The van der Waals surface area contributed by atoms with Gasteiger partial charge in [0, 0.05) is 41.2 Å². The van der Waals surface area contributed by atoms with E-state index < -0.39 is 60.9 Å². The van der Waals surface area contributed by atoms with Gasteiger partial charge in [-0.3, -0.25) is 24.0 Å². The summed E-state index contributed by atoms with van der Waals surface area (Å²) in [5.41, 5.74) is 5.59. The first kappa shape index (κ1) is 24.3. The molecule has 4 atom stereocenters. The average Bonchev–Trinajstić information content (AvgIpc) is 2.51. The minimum atomic E-state index is -1.46. The van der Waals surface area contributed by atoms with Crippen LogP contribution in [-0.4, -0.2) is 67.4 Å². The molecule has 0 aliphatic carbocycles. The summed E-state index contributed by atoms with van der Waals surface area (Å²) in [6.07, 6.45) is -5.43. The Morgan fingerprint density at radius 2 is 1.00 bits per heavy atom. The monoisotopic (exact) mass is 391 g/mol. The van der Waals surface area contributed by atoms with Gasteiger partial charge in [-0.15, -0.1) is 0 Å². The molecule has 0 aromatic carbocycles. The van der Waals surface area contributed by atoms with Crippen LogP contribution in [0, 0.1) is 0 Å². The summed E-state index contributed by atoms with van der Waals surface area (Å²) in [5.74, 6) is -3.79. The smallest absolute Gasteiger partial charge is 0.303 e. The third kappa shape index (κ3) is 10.1. The van der Waals surface area contributed by atoms with Gasteiger partial charge in [-0.05, 0) is 0 Å². The number of ether oxygens (including phenoxy) is 5. The van der Waals surface area contributed by atoms with Crippen molar-refractivity contribution in [3.63, 3.8) is 0 Å². The number of hydrogen-bond donors (Lipinski definition) is 1. The van der Waals surface area contributed by atoms with Crippen molar-refractivity contribution >= 4 is 29.8 Å². The molecule has 154 valence electrons. The average molecular weight is 391 g/mol. The van der Waals surface area contributed by atoms with Crippen LogP contribution in [0.5, 0.6) is 0 Å². The van der Waals surface area contributed by atoms with Crippen LogP contribution in [0.15, 0.2) is 0 Å². The lowest BCUT2D eigenvalue weighted by Gasteiger charge is -2.34. The van der Waals surface area contributed by atoms with Crippen LogP contribution in [0.1, 0.15) is 34.6 Å². The highest BCUT2D eigenvalue weighted by Crippen LogP contribution is 2.19. The van der Waals surface area contributed by atoms with E-state index >= 15 is 0 Å². The van der Waals surface area contributed by atoms with Gasteiger partial charge < -0.3 is 29.4 Å². The number of carbonyl (C=O) groups is 5. The van der Waals surface area contributed by atoms with Crippen LogP contribution in [0.25, 0.3) is 0 Å². The number of rotatable bonds is 10. The first-order valence-electron chi connectivity index (χ1n) is 8.00. The maximum absolute atomic E-state index is 11.6. The maximum Gasteiger partial charge on any atom is 0.303 e. The van der Waals surface area contributed by atoms with E-state index in [1.54, 1.807) is 0 Å². The molecular weight excluding hydrogens is 366 g/mol. The van der Waals surface area contributed by atoms with Crippen LogP contribution in [0.2, 0.25) is 0 Å². The van der Waals surface area contributed by atoms with E-state index in [2.05, 4.69) is 0 Å². The summed E-state index contributed by atoms with van der Waals surface area (Å²) in [6, 6.07) is 0. The fourth-order valence-corrected chi connectivity index (χ4v) is 2.16. The highest BCUT2D eigenvalue weighted by atomic mass is 16.6. The second kappa shape index (κ2) is 11.8. The fourth-order valence-electron chi connectivity index (χ4n) is 2.16. The van der Waals surface area contributed by atoms with Crippen molar-refractivity contribution in [1.29, 1.82) is 0 Å². The molecule has 0 spiro atoms. The standard InChI is InChI=1S/C16H25NO10/c1-8(18)23-7-14(25-10(3)20)16(27-12(5)22)15(26-11(4)21)13(6-17)24-9(2)19/h13-16H,6-7,17H2,1-5H3/t13-,14+,15+,16+/m0/s1. The van der Waals surface area contributed by atoms with Crippen molar-refractivity contribution in [2.45, 2.75) is 59.0 Å². The molecule has 0 saturated heterocycles. The molecule has 0 radical (unpaired) electrons. The van der Waals surface area contributed by atoms with Crippen LogP contribution in [0.4, 0.5) is 0 Å². The van der Waals surface area contributed by atoms with E-state index in [9.17, 15) is 24.0 Å². The molecule has 0 rings (SSSR count). The summed E-state index contributed by atoms with van der Waals surface area (Å²) in [4.78, 5) is 57.0. The molecule has 0 amide bonds. The van der Waals surface area contributed by atoms with Gasteiger partial charge in [-0.1, -0.05) is 0 Å². The number of esters is 5. The largest absolute Gasteiger partial charge is 0.462 e. The topological polar surface area (TPSA) is 158 Å². The molecule has 2 N–H and O–H groups in total. The molecule has 11 heteroatoms. The van der Waals surface area contributed by atoms with E-state index in [1.165, 1.54) is 0 Å². The van der Waals surface area contributed by atoms with E-state index in [0.29, 0.717) is 0 Å². The lowest BCUT2D eigenvalue weighted by atomic mass is 10.0. The summed E-state index contributed by atoms with van der Waals surface area (Å²) >= 11 is 0. The Balaban J connectivity index is 5.96. The highest BCUT2D eigenvalue weighted by molar-refractivity contribution is 5.69. The van der Waals surface area contributed by atoms with E-state index in [1.807, 2.05) is 0 Å². The van der Waals surface area contributed by atoms with Gasteiger partial charge in [0.15, 0.2) is 24.4 Å². The highest BCUT2D eigenvalue weighted by Gasteiger charge is 2.43. The Morgan fingerprint density at radius 3 is 1.33 bits per heavy atom. The van der Waals surface area contributed by atoms with E-state index in [-0.39, 0.29) is 6.54 Å². The lowest BCUT2D eigenvalue weighted by molar-refractivity contribution is -0.201. The van der Waals surface area contributed by atoms with Crippen molar-refractivity contribution in [3.05, 3.63) is 0 Å². The molecule has 0 saturated carbocycles. The normalized spacial score (nSPS) is 14.7. The molecule has 11 nitrogen and oxygen atoms in total. The molecule has 27 heavy (non-hydrogen) atoms. The number of hydrogen-bond acceptors (Lipinski definition) is 11. The molecule has 0 heterocycles. The van der Waals surface area contributed by atoms with Crippen molar-refractivity contribution in [1.82, 2.24) is 0 Å². The Bertz CT molecular complexity index is 561. The van der Waals surface area contributed by atoms with Crippen molar-refractivity contribution in [2.24, 2.45) is 5.73 Å². The van der Waals surface area contributed by atoms with Crippen molar-refractivity contribution < 1.29 is 47.7 Å². The second-order valence-electron chi connectivity index (χ2n) is 5.48. The molecule has 0 aliphatic rings. The van der Waals surface area contributed by atoms with Crippen LogP contribution in [-0.2, 0) is 47.7 Å². The molecule has 0 fully saturated rings. The Hall–Kier alpha value is -2.69. The number of carbonyl (C=O) groups excluding carboxylic acids is 5. The quantitative estimate of drug-likeness (QED) is 0.368. The van der Waals surface area contributed by atoms with Gasteiger partial charge in [0.2, 0.25) is 0 Å². The second-order valence-corrected chi connectivity index (χ2v) is 5.48. The fraction of sp³-hybridized carbons (Fsp3) is 0.688.